The Kier molecular flexibility index (Phi) is 7.99. The Labute approximate surface area is 86.1 Å². The van der Waals surface area contributed by atoms with E-state index < -0.39 is 0 Å². The number of hydrogen-bond acceptors (Lipinski definition) is 3. The summed E-state index contributed by atoms with van der Waals surface area (Å²) < 4.78 is 10.0. The molecule has 0 saturated heterocycles. The van der Waals surface area contributed by atoms with Crippen LogP contribution in [0, 0.1) is 0 Å². The van der Waals surface area contributed by atoms with Gasteiger partial charge in [-0.15, -0.1) is 0 Å². The molecule has 3 nitrogen and oxygen atoms in total. The van der Waals surface area contributed by atoms with E-state index in [9.17, 15) is 4.79 Å². The normalized spacial score (nSPS) is 9.57. The van der Waals surface area contributed by atoms with Crippen molar-refractivity contribution in [2.45, 2.75) is 39.5 Å². The summed E-state index contributed by atoms with van der Waals surface area (Å²) in [4.78, 5) is 10.4. The van der Waals surface area contributed by atoms with Crippen LogP contribution in [-0.2, 0) is 14.3 Å². The highest BCUT2D eigenvalue weighted by Gasteiger charge is 1.93. The van der Waals surface area contributed by atoms with Crippen LogP contribution < -0.4 is 0 Å². The second-order valence-corrected chi connectivity index (χ2v) is 3.30. The van der Waals surface area contributed by atoms with Crippen LogP contribution in [0.3, 0.4) is 0 Å². The van der Waals surface area contributed by atoms with Crippen LogP contribution in [-0.4, -0.2) is 19.2 Å². The minimum absolute atomic E-state index is 0.199. The minimum atomic E-state index is -0.199. The Morgan fingerprint density at radius 2 is 1.50 bits per heavy atom. The van der Waals surface area contributed by atoms with E-state index >= 15 is 0 Å². The van der Waals surface area contributed by atoms with E-state index in [1.807, 2.05) is 6.92 Å². The van der Waals surface area contributed by atoms with Crippen LogP contribution in [0.2, 0.25) is 0 Å². The van der Waals surface area contributed by atoms with Crippen molar-refractivity contribution in [3.63, 3.8) is 0 Å². The van der Waals surface area contributed by atoms with Gasteiger partial charge < -0.3 is 9.47 Å². The van der Waals surface area contributed by atoms with Gasteiger partial charge in [-0.2, -0.15) is 0 Å². The topological polar surface area (TPSA) is 35.5 Å². The minimum Gasteiger partial charge on any atom is -0.499 e. The lowest BCUT2D eigenvalue weighted by molar-refractivity contribution is -0.141. The number of carbonyl (C=O) groups is 1. The highest BCUT2D eigenvalue weighted by atomic mass is 16.5. The van der Waals surface area contributed by atoms with Gasteiger partial charge in [-0.1, -0.05) is 6.58 Å². The van der Waals surface area contributed by atoms with Gasteiger partial charge in [-0.05, 0) is 32.6 Å². The molecule has 0 rings (SSSR count). The standard InChI is InChI=1S/C11H20O3/c1-10(2)13-8-6-4-5-7-9-14-11(3)12/h1,4-9H2,2-3H3. The number of hydrogen-bond donors (Lipinski definition) is 0. The summed E-state index contributed by atoms with van der Waals surface area (Å²) in [5.74, 6) is 0.570. The first kappa shape index (κ1) is 13.0. The zero-order valence-electron chi connectivity index (χ0n) is 9.17. The maximum absolute atomic E-state index is 10.4. The highest BCUT2D eigenvalue weighted by molar-refractivity contribution is 5.65. The van der Waals surface area contributed by atoms with Crippen LogP contribution in [0.5, 0.6) is 0 Å². The summed E-state index contributed by atoms with van der Waals surface area (Å²) in [6.07, 6.45) is 4.15. The number of unbranched alkanes of at least 4 members (excludes halogenated alkanes) is 3. The van der Waals surface area contributed by atoms with Gasteiger partial charge in [0, 0.05) is 6.92 Å². The van der Waals surface area contributed by atoms with Gasteiger partial charge in [0.2, 0.25) is 0 Å². The molecular formula is C11H20O3. The van der Waals surface area contributed by atoms with Gasteiger partial charge in [0.1, 0.15) is 0 Å². The van der Waals surface area contributed by atoms with Crippen molar-refractivity contribution >= 4 is 5.97 Å². The summed E-state index contributed by atoms with van der Waals surface area (Å²) in [5, 5.41) is 0. The molecule has 3 heteroatoms. The van der Waals surface area contributed by atoms with E-state index in [1.165, 1.54) is 6.92 Å². The maximum Gasteiger partial charge on any atom is 0.302 e. The largest absolute Gasteiger partial charge is 0.499 e. The fraction of sp³-hybridized carbons (Fsp3) is 0.727. The van der Waals surface area contributed by atoms with E-state index in [4.69, 9.17) is 9.47 Å². The molecule has 0 spiro atoms. The molecule has 0 fully saturated rings. The van der Waals surface area contributed by atoms with Crippen molar-refractivity contribution in [2.75, 3.05) is 13.2 Å². The summed E-state index contributed by atoms with van der Waals surface area (Å²) in [6.45, 7) is 8.20. The van der Waals surface area contributed by atoms with Gasteiger partial charge in [0.15, 0.2) is 0 Å². The van der Waals surface area contributed by atoms with Crippen molar-refractivity contribution in [1.82, 2.24) is 0 Å². The number of ether oxygens (including phenoxy) is 2. The van der Waals surface area contributed by atoms with Crippen molar-refractivity contribution in [1.29, 1.82) is 0 Å². The molecule has 0 radical (unpaired) electrons. The fourth-order valence-corrected chi connectivity index (χ4v) is 1.02. The number of carbonyl (C=O) groups excluding carboxylic acids is 1. The Morgan fingerprint density at radius 1 is 1.00 bits per heavy atom. The SMILES string of the molecule is C=C(C)OCCCCCCOC(C)=O. The predicted molar refractivity (Wildman–Crippen MR) is 55.9 cm³/mol. The number of rotatable bonds is 8. The number of esters is 1. The lowest BCUT2D eigenvalue weighted by Gasteiger charge is -2.04. The van der Waals surface area contributed by atoms with Crippen molar-refractivity contribution in [2.24, 2.45) is 0 Å². The van der Waals surface area contributed by atoms with Gasteiger partial charge in [-0.25, -0.2) is 0 Å². The molecule has 14 heavy (non-hydrogen) atoms. The predicted octanol–water partition coefficient (Wildman–Crippen LogP) is 2.66. The molecule has 0 atom stereocenters. The van der Waals surface area contributed by atoms with E-state index in [2.05, 4.69) is 6.58 Å². The fourth-order valence-electron chi connectivity index (χ4n) is 1.02. The van der Waals surface area contributed by atoms with Crippen LogP contribution in [0.25, 0.3) is 0 Å². The third-order valence-electron chi connectivity index (χ3n) is 1.69. The van der Waals surface area contributed by atoms with Gasteiger partial charge >= 0.3 is 5.97 Å². The Morgan fingerprint density at radius 3 is 1.93 bits per heavy atom. The molecule has 0 aliphatic rings. The zero-order chi connectivity index (χ0) is 10.8. The smallest absolute Gasteiger partial charge is 0.302 e. The first-order valence-electron chi connectivity index (χ1n) is 5.04. The molecule has 0 N–H and O–H groups in total. The Balaban J connectivity index is 2.99. The van der Waals surface area contributed by atoms with E-state index in [-0.39, 0.29) is 5.97 Å². The van der Waals surface area contributed by atoms with Crippen LogP contribution in [0.4, 0.5) is 0 Å². The molecule has 0 aromatic heterocycles. The van der Waals surface area contributed by atoms with E-state index in [0.29, 0.717) is 6.61 Å². The monoisotopic (exact) mass is 200 g/mol. The summed E-state index contributed by atoms with van der Waals surface area (Å²) >= 11 is 0. The molecule has 82 valence electrons. The molecule has 0 aliphatic heterocycles. The summed E-state index contributed by atoms with van der Waals surface area (Å²) in [6, 6.07) is 0. The summed E-state index contributed by atoms with van der Waals surface area (Å²) in [7, 11) is 0. The average molecular weight is 200 g/mol. The van der Waals surface area contributed by atoms with Crippen molar-refractivity contribution in [3.8, 4) is 0 Å². The van der Waals surface area contributed by atoms with E-state index in [0.717, 1.165) is 38.0 Å². The first-order chi connectivity index (χ1) is 6.63. The molecule has 0 amide bonds. The maximum atomic E-state index is 10.4. The molecule has 0 saturated carbocycles. The quantitative estimate of drug-likeness (QED) is 0.343. The van der Waals surface area contributed by atoms with Crippen molar-refractivity contribution in [3.05, 3.63) is 12.3 Å². The van der Waals surface area contributed by atoms with Crippen LogP contribution >= 0.6 is 0 Å². The molecule has 0 aliphatic carbocycles. The summed E-state index contributed by atoms with van der Waals surface area (Å²) in [5.41, 5.74) is 0. The van der Waals surface area contributed by atoms with Crippen LogP contribution in [0.1, 0.15) is 39.5 Å². The second kappa shape index (κ2) is 8.60. The number of allylic oxidation sites excluding steroid dienone is 1. The molecule has 0 heterocycles. The molecule has 0 aromatic carbocycles. The third-order valence-corrected chi connectivity index (χ3v) is 1.69. The highest BCUT2D eigenvalue weighted by Crippen LogP contribution is 2.02. The lowest BCUT2D eigenvalue weighted by Crippen LogP contribution is -2.00. The third kappa shape index (κ3) is 11.0. The molecule has 0 unspecified atom stereocenters. The van der Waals surface area contributed by atoms with Gasteiger partial charge in [0.05, 0.1) is 19.0 Å². The first-order valence-corrected chi connectivity index (χ1v) is 5.04. The Bertz CT molecular complexity index is 155. The van der Waals surface area contributed by atoms with Crippen molar-refractivity contribution < 1.29 is 14.3 Å². The lowest BCUT2D eigenvalue weighted by atomic mass is 10.2. The molecular weight excluding hydrogens is 180 g/mol. The van der Waals surface area contributed by atoms with Gasteiger partial charge in [-0.3, -0.25) is 4.79 Å². The van der Waals surface area contributed by atoms with Gasteiger partial charge in [0.25, 0.3) is 0 Å². The average Bonchev–Trinajstić information content (AvgIpc) is 2.08. The van der Waals surface area contributed by atoms with Crippen LogP contribution in [0.15, 0.2) is 12.3 Å². The second-order valence-electron chi connectivity index (χ2n) is 3.30. The molecule has 0 aromatic rings. The van der Waals surface area contributed by atoms with E-state index in [1.54, 1.807) is 0 Å². The zero-order valence-corrected chi connectivity index (χ0v) is 9.17. The molecule has 0 bridgehead atoms. The Hall–Kier alpha value is -0.990.